The molecule has 2 heterocycles. The molecule has 0 radical (unpaired) electrons. The van der Waals surface area contributed by atoms with Gasteiger partial charge in [0.25, 0.3) is 5.91 Å². The van der Waals surface area contributed by atoms with Crippen LogP contribution in [0.3, 0.4) is 0 Å². The first-order chi connectivity index (χ1) is 15.6. The first-order valence-electron chi connectivity index (χ1n) is 11.5. The van der Waals surface area contributed by atoms with Gasteiger partial charge in [-0.05, 0) is 37.0 Å². The van der Waals surface area contributed by atoms with Gasteiger partial charge in [-0.3, -0.25) is 14.4 Å². The van der Waals surface area contributed by atoms with Gasteiger partial charge in [0.05, 0.1) is 6.33 Å². The minimum atomic E-state index is -0.113. The molecule has 170 valence electrons. The summed E-state index contributed by atoms with van der Waals surface area (Å²) in [6.45, 7) is 2.80. The molecule has 4 rings (SSSR count). The average Bonchev–Trinajstić information content (AvgIpc) is 3.52. The molecule has 0 bridgehead atoms. The monoisotopic (exact) mass is 437 g/mol. The van der Waals surface area contributed by atoms with Gasteiger partial charge >= 0.3 is 0 Å². The number of carbonyl (C=O) groups excluding carboxylic acids is 3. The van der Waals surface area contributed by atoms with Gasteiger partial charge in [-0.15, -0.1) is 0 Å². The van der Waals surface area contributed by atoms with Crippen molar-refractivity contribution in [3.8, 4) is 0 Å². The third kappa shape index (κ3) is 5.75. The molecule has 0 atom stereocenters. The fourth-order valence-corrected chi connectivity index (χ4v) is 4.54. The average molecular weight is 438 g/mol. The molecule has 2 aliphatic rings. The van der Waals surface area contributed by atoms with Crippen LogP contribution in [0.25, 0.3) is 0 Å². The first kappa shape index (κ1) is 22.0. The molecule has 32 heavy (non-hydrogen) atoms. The molecule has 0 unspecified atom stereocenters. The van der Waals surface area contributed by atoms with Crippen molar-refractivity contribution in [2.75, 3.05) is 31.5 Å². The van der Waals surface area contributed by atoms with Crippen LogP contribution in [-0.4, -0.2) is 63.3 Å². The van der Waals surface area contributed by atoms with Crippen LogP contribution in [0.1, 0.15) is 48.9 Å². The van der Waals surface area contributed by atoms with E-state index < -0.39 is 0 Å². The number of aryl methyl sites for hydroxylation is 1. The zero-order valence-corrected chi connectivity index (χ0v) is 18.4. The lowest BCUT2D eigenvalue weighted by molar-refractivity contribution is -0.133. The van der Waals surface area contributed by atoms with Gasteiger partial charge in [-0.25, -0.2) is 4.98 Å². The normalized spacial score (nSPS) is 16.9. The smallest absolute Gasteiger partial charge is 0.254 e. The molecule has 1 saturated carbocycles. The number of aromatic nitrogens is 2. The van der Waals surface area contributed by atoms with Gasteiger partial charge < -0.3 is 19.7 Å². The van der Waals surface area contributed by atoms with E-state index in [4.69, 9.17) is 0 Å². The molecule has 1 saturated heterocycles. The number of nitrogens with one attached hydrogen (secondary N) is 1. The second-order valence-corrected chi connectivity index (χ2v) is 8.71. The Morgan fingerprint density at radius 1 is 1.03 bits per heavy atom. The Bertz CT molecular complexity index is 929. The molecule has 8 heteroatoms. The topological polar surface area (TPSA) is 87.5 Å². The molecule has 0 spiro atoms. The SMILES string of the molecule is O=C(CCn1ccnc1)Nc1cccc(C(=O)N2CCN(C(=O)CC3CCCC3)CC2)c1. The summed E-state index contributed by atoms with van der Waals surface area (Å²) in [5.74, 6) is 0.588. The van der Waals surface area contributed by atoms with Crippen molar-refractivity contribution >= 4 is 23.4 Å². The Labute approximate surface area is 188 Å². The summed E-state index contributed by atoms with van der Waals surface area (Å²) in [7, 11) is 0. The maximum Gasteiger partial charge on any atom is 0.254 e. The van der Waals surface area contributed by atoms with E-state index in [1.807, 2.05) is 15.7 Å². The van der Waals surface area contributed by atoms with Gasteiger partial charge in [0.15, 0.2) is 0 Å². The van der Waals surface area contributed by atoms with Crippen molar-refractivity contribution in [3.63, 3.8) is 0 Å². The summed E-state index contributed by atoms with van der Waals surface area (Å²) >= 11 is 0. The van der Waals surface area contributed by atoms with Gasteiger partial charge in [-0.2, -0.15) is 0 Å². The number of nitrogens with zero attached hydrogens (tertiary/aromatic N) is 4. The molecule has 1 N–H and O–H groups in total. The number of anilines is 1. The van der Waals surface area contributed by atoms with E-state index in [-0.39, 0.29) is 17.7 Å². The maximum absolute atomic E-state index is 13.0. The molecule has 8 nitrogen and oxygen atoms in total. The number of benzene rings is 1. The van der Waals surface area contributed by atoms with Crippen LogP contribution in [0.2, 0.25) is 0 Å². The summed E-state index contributed by atoms with van der Waals surface area (Å²) in [6, 6.07) is 7.04. The lowest BCUT2D eigenvalue weighted by Crippen LogP contribution is -2.50. The van der Waals surface area contributed by atoms with Crippen LogP contribution in [0.5, 0.6) is 0 Å². The van der Waals surface area contributed by atoms with Crippen LogP contribution in [0, 0.1) is 5.92 Å². The van der Waals surface area contributed by atoms with Gasteiger partial charge in [-0.1, -0.05) is 18.9 Å². The van der Waals surface area contributed by atoms with Crippen molar-refractivity contribution in [2.24, 2.45) is 5.92 Å². The molecular weight excluding hydrogens is 406 g/mol. The number of hydrogen-bond acceptors (Lipinski definition) is 4. The lowest BCUT2D eigenvalue weighted by Gasteiger charge is -2.35. The van der Waals surface area contributed by atoms with Gasteiger partial charge in [0.1, 0.15) is 0 Å². The zero-order valence-electron chi connectivity index (χ0n) is 18.4. The third-order valence-electron chi connectivity index (χ3n) is 6.41. The molecule has 1 aliphatic heterocycles. The van der Waals surface area contributed by atoms with Crippen LogP contribution in [0.4, 0.5) is 5.69 Å². The van der Waals surface area contributed by atoms with E-state index in [0.717, 1.165) is 0 Å². The van der Waals surface area contributed by atoms with E-state index >= 15 is 0 Å². The Balaban J connectivity index is 1.26. The predicted octanol–water partition coefficient (Wildman–Crippen LogP) is 2.78. The van der Waals surface area contributed by atoms with E-state index in [1.165, 1.54) is 25.7 Å². The molecule has 1 aromatic heterocycles. The number of piperazine rings is 1. The molecular formula is C24H31N5O3. The van der Waals surface area contributed by atoms with Crippen molar-refractivity contribution in [2.45, 2.75) is 45.1 Å². The zero-order chi connectivity index (χ0) is 22.3. The quantitative estimate of drug-likeness (QED) is 0.722. The van der Waals surface area contributed by atoms with Crippen LogP contribution in [0.15, 0.2) is 43.0 Å². The van der Waals surface area contributed by atoms with Crippen molar-refractivity contribution in [1.82, 2.24) is 19.4 Å². The highest BCUT2D eigenvalue weighted by Gasteiger charge is 2.27. The molecule has 1 aromatic carbocycles. The Morgan fingerprint density at radius 3 is 2.50 bits per heavy atom. The highest BCUT2D eigenvalue weighted by molar-refractivity contribution is 5.97. The minimum absolute atomic E-state index is 0.0672. The van der Waals surface area contributed by atoms with Crippen LogP contribution in [-0.2, 0) is 16.1 Å². The summed E-state index contributed by atoms with van der Waals surface area (Å²) in [5.41, 5.74) is 1.15. The number of rotatable bonds is 7. The highest BCUT2D eigenvalue weighted by Crippen LogP contribution is 2.28. The number of hydrogen-bond donors (Lipinski definition) is 1. The molecule has 2 fully saturated rings. The summed E-state index contributed by atoms with van der Waals surface area (Å²) in [5, 5.41) is 2.86. The number of carbonyl (C=O) groups is 3. The summed E-state index contributed by atoms with van der Waals surface area (Å²) < 4.78 is 1.84. The third-order valence-corrected chi connectivity index (χ3v) is 6.41. The number of amides is 3. The van der Waals surface area contributed by atoms with Crippen molar-refractivity contribution < 1.29 is 14.4 Å². The standard InChI is InChI=1S/C24H31N5O3/c30-22(8-10-27-11-9-25-18-27)26-21-7-3-6-20(17-21)24(32)29-14-12-28(13-15-29)23(31)16-19-4-1-2-5-19/h3,6-7,9,11,17-19H,1-2,4-5,8,10,12-16H2,(H,26,30). The molecule has 2 aromatic rings. The number of imidazole rings is 1. The fourth-order valence-electron chi connectivity index (χ4n) is 4.54. The fraction of sp³-hybridized carbons (Fsp3) is 0.500. The van der Waals surface area contributed by atoms with E-state index in [9.17, 15) is 14.4 Å². The summed E-state index contributed by atoms with van der Waals surface area (Å²) in [4.78, 5) is 45.4. The summed E-state index contributed by atoms with van der Waals surface area (Å²) in [6.07, 6.45) is 11.0. The molecule has 1 aliphatic carbocycles. The second kappa shape index (κ2) is 10.4. The van der Waals surface area contributed by atoms with E-state index in [2.05, 4.69) is 10.3 Å². The van der Waals surface area contributed by atoms with Crippen LogP contribution >= 0.6 is 0 Å². The van der Waals surface area contributed by atoms with E-state index in [0.29, 0.717) is 62.7 Å². The Morgan fingerprint density at radius 2 is 1.78 bits per heavy atom. The van der Waals surface area contributed by atoms with Crippen molar-refractivity contribution in [1.29, 1.82) is 0 Å². The maximum atomic E-state index is 13.0. The predicted molar refractivity (Wildman–Crippen MR) is 121 cm³/mol. The van der Waals surface area contributed by atoms with Gasteiger partial charge in [0.2, 0.25) is 11.8 Å². The van der Waals surface area contributed by atoms with Crippen molar-refractivity contribution in [3.05, 3.63) is 48.5 Å². The van der Waals surface area contributed by atoms with Crippen LogP contribution < -0.4 is 5.32 Å². The second-order valence-electron chi connectivity index (χ2n) is 8.71. The van der Waals surface area contributed by atoms with Gasteiger partial charge in [0, 0.05) is 69.2 Å². The Hall–Kier alpha value is -3.16. The minimum Gasteiger partial charge on any atom is -0.339 e. The highest BCUT2D eigenvalue weighted by atomic mass is 16.2. The Kier molecular flexibility index (Phi) is 7.19. The molecule has 3 amide bonds. The largest absolute Gasteiger partial charge is 0.339 e. The van der Waals surface area contributed by atoms with E-state index in [1.54, 1.807) is 41.7 Å². The lowest BCUT2D eigenvalue weighted by atomic mass is 10.0. The first-order valence-corrected chi connectivity index (χ1v) is 11.5.